The van der Waals surface area contributed by atoms with Crippen LogP contribution >= 0.6 is 11.3 Å². The molecule has 0 aliphatic carbocycles. The van der Waals surface area contributed by atoms with Crippen molar-refractivity contribution in [3.8, 4) is 10.4 Å². The predicted octanol–water partition coefficient (Wildman–Crippen LogP) is 4.34. The first kappa shape index (κ1) is 19.1. The summed E-state index contributed by atoms with van der Waals surface area (Å²) in [5, 5.41) is 0. The molecule has 1 aliphatic rings. The van der Waals surface area contributed by atoms with E-state index < -0.39 is 0 Å². The van der Waals surface area contributed by atoms with Gasteiger partial charge in [-0.25, -0.2) is 0 Å². The normalized spacial score (nSPS) is 15.6. The minimum atomic E-state index is 0.318. The van der Waals surface area contributed by atoms with E-state index in [-0.39, 0.29) is 0 Å². The summed E-state index contributed by atoms with van der Waals surface area (Å²) in [5.74, 6) is 0.318. The third kappa shape index (κ3) is 5.16. The van der Waals surface area contributed by atoms with Gasteiger partial charge in [-0.15, -0.1) is 11.3 Å². The molecule has 0 spiro atoms. The summed E-state index contributed by atoms with van der Waals surface area (Å²) in [5.41, 5.74) is 2.58. The molecule has 2 heterocycles. The molecule has 0 N–H and O–H groups in total. The van der Waals surface area contributed by atoms with E-state index in [4.69, 9.17) is 0 Å². The molecule has 144 valence electrons. The maximum absolute atomic E-state index is 12.6. The van der Waals surface area contributed by atoms with Crippen LogP contribution in [0.5, 0.6) is 0 Å². The molecule has 1 saturated heterocycles. The second kappa shape index (κ2) is 9.28. The highest BCUT2D eigenvalue weighted by molar-refractivity contribution is 7.15. The minimum Gasteiger partial charge on any atom is -0.298 e. The monoisotopic (exact) mass is 390 g/mol. The quantitative estimate of drug-likeness (QED) is 0.599. The van der Waals surface area contributed by atoms with Gasteiger partial charge < -0.3 is 0 Å². The van der Waals surface area contributed by atoms with Crippen LogP contribution in [-0.2, 0) is 17.8 Å². The van der Waals surface area contributed by atoms with Crippen molar-refractivity contribution in [2.24, 2.45) is 0 Å². The van der Waals surface area contributed by atoms with E-state index in [1.54, 1.807) is 11.3 Å². The summed E-state index contributed by atoms with van der Waals surface area (Å²) in [6, 6.07) is 25.2. The molecule has 0 saturated carbocycles. The molecule has 1 fully saturated rings. The third-order valence-corrected chi connectivity index (χ3v) is 6.34. The molecular weight excluding hydrogens is 364 g/mol. The van der Waals surface area contributed by atoms with Gasteiger partial charge in [0.25, 0.3) is 0 Å². The van der Waals surface area contributed by atoms with Gasteiger partial charge in [-0.2, -0.15) is 0 Å². The van der Waals surface area contributed by atoms with Crippen molar-refractivity contribution in [3.63, 3.8) is 0 Å². The lowest BCUT2D eigenvalue weighted by molar-refractivity contribution is -0.119. The highest BCUT2D eigenvalue weighted by Gasteiger charge is 2.19. The van der Waals surface area contributed by atoms with Crippen molar-refractivity contribution in [3.05, 3.63) is 83.2 Å². The van der Waals surface area contributed by atoms with Crippen LogP contribution in [-0.4, -0.2) is 48.3 Å². The number of rotatable bonds is 7. The van der Waals surface area contributed by atoms with Crippen LogP contribution < -0.4 is 0 Å². The Hall–Kier alpha value is -2.27. The maximum atomic E-state index is 12.6. The molecule has 0 radical (unpaired) electrons. The second-order valence-corrected chi connectivity index (χ2v) is 8.55. The first-order chi connectivity index (χ1) is 13.8. The average molecular weight is 391 g/mol. The van der Waals surface area contributed by atoms with Crippen LogP contribution in [0.2, 0.25) is 0 Å². The molecule has 0 amide bonds. The molecule has 0 bridgehead atoms. The third-order valence-electron chi connectivity index (χ3n) is 5.21. The summed E-state index contributed by atoms with van der Waals surface area (Å²) in [4.78, 5) is 19.7. The molecule has 0 unspecified atom stereocenters. The molecule has 4 rings (SSSR count). The largest absolute Gasteiger partial charge is 0.298 e. The van der Waals surface area contributed by atoms with Gasteiger partial charge in [0.2, 0.25) is 0 Å². The highest BCUT2D eigenvalue weighted by atomic mass is 32.1. The van der Waals surface area contributed by atoms with Crippen LogP contribution in [0.4, 0.5) is 0 Å². The van der Waals surface area contributed by atoms with Gasteiger partial charge in [0.1, 0.15) is 0 Å². The fraction of sp³-hybridized carbons (Fsp3) is 0.292. The number of carbonyl (C=O) groups excluding carboxylic acids is 1. The van der Waals surface area contributed by atoms with Crippen molar-refractivity contribution in [1.29, 1.82) is 0 Å². The first-order valence-corrected chi connectivity index (χ1v) is 10.7. The van der Waals surface area contributed by atoms with E-state index in [2.05, 4.69) is 76.5 Å². The van der Waals surface area contributed by atoms with Gasteiger partial charge in [-0.3, -0.25) is 14.6 Å². The Bertz CT molecular complexity index is 883. The molecule has 3 nitrogen and oxygen atoms in total. The number of Topliss-reactive ketones (excluding diaryl/α,β-unsaturated/α-hetero) is 1. The van der Waals surface area contributed by atoms with E-state index in [0.717, 1.165) is 37.6 Å². The Balaban J connectivity index is 1.23. The Morgan fingerprint density at radius 3 is 2.14 bits per heavy atom. The Labute approximate surface area is 171 Å². The van der Waals surface area contributed by atoms with E-state index in [9.17, 15) is 4.79 Å². The Morgan fingerprint density at radius 1 is 0.786 bits per heavy atom. The molecule has 3 aromatic rings. The lowest BCUT2D eigenvalue weighted by Gasteiger charge is -2.34. The first-order valence-electron chi connectivity index (χ1n) is 9.91. The fourth-order valence-electron chi connectivity index (χ4n) is 3.68. The van der Waals surface area contributed by atoms with Crippen molar-refractivity contribution < 1.29 is 4.79 Å². The second-order valence-electron chi connectivity index (χ2n) is 7.39. The Kier molecular flexibility index (Phi) is 6.32. The standard InChI is InChI=1S/C24H26N2OS/c27-22(17-23-11-12-24(28-23)21-9-5-2-6-10-21)19-26-15-13-25(14-16-26)18-20-7-3-1-4-8-20/h1-12H,13-19H2. The lowest BCUT2D eigenvalue weighted by atomic mass is 10.1. The zero-order valence-electron chi connectivity index (χ0n) is 16.1. The molecule has 1 aromatic heterocycles. The predicted molar refractivity (Wildman–Crippen MR) is 117 cm³/mol. The van der Waals surface area contributed by atoms with Gasteiger partial charge in [-0.1, -0.05) is 60.7 Å². The van der Waals surface area contributed by atoms with Crippen molar-refractivity contribution in [2.75, 3.05) is 32.7 Å². The van der Waals surface area contributed by atoms with Crippen LogP contribution in [0.15, 0.2) is 72.8 Å². The van der Waals surface area contributed by atoms with Crippen molar-refractivity contribution in [2.45, 2.75) is 13.0 Å². The number of carbonyl (C=O) groups is 1. The number of nitrogens with zero attached hydrogens (tertiary/aromatic N) is 2. The van der Waals surface area contributed by atoms with E-state index in [0.29, 0.717) is 18.7 Å². The number of ketones is 1. The van der Waals surface area contributed by atoms with Crippen molar-refractivity contribution >= 4 is 17.1 Å². The van der Waals surface area contributed by atoms with Gasteiger partial charge in [0.05, 0.1) is 6.54 Å². The maximum Gasteiger partial charge on any atom is 0.152 e. The van der Waals surface area contributed by atoms with E-state index in [1.807, 2.05) is 6.07 Å². The SMILES string of the molecule is O=C(Cc1ccc(-c2ccccc2)s1)CN1CCN(Cc2ccccc2)CC1. The number of piperazine rings is 1. The summed E-state index contributed by atoms with van der Waals surface area (Å²) in [6.07, 6.45) is 0.543. The molecule has 0 atom stereocenters. The highest BCUT2D eigenvalue weighted by Crippen LogP contribution is 2.28. The molecular formula is C24H26N2OS. The molecule has 28 heavy (non-hydrogen) atoms. The summed E-state index contributed by atoms with van der Waals surface area (Å²) >= 11 is 1.73. The van der Waals surface area contributed by atoms with Gasteiger partial charge in [0.15, 0.2) is 5.78 Å². The van der Waals surface area contributed by atoms with Crippen LogP contribution in [0, 0.1) is 0 Å². The van der Waals surface area contributed by atoms with E-state index in [1.165, 1.54) is 16.0 Å². The zero-order chi connectivity index (χ0) is 19.2. The zero-order valence-corrected chi connectivity index (χ0v) is 16.9. The van der Waals surface area contributed by atoms with Crippen molar-refractivity contribution in [1.82, 2.24) is 9.80 Å². The Morgan fingerprint density at radius 2 is 1.43 bits per heavy atom. The summed E-state index contributed by atoms with van der Waals surface area (Å²) < 4.78 is 0. The van der Waals surface area contributed by atoms with Gasteiger partial charge in [-0.05, 0) is 23.3 Å². The van der Waals surface area contributed by atoms with Gasteiger partial charge >= 0.3 is 0 Å². The number of thiophene rings is 1. The average Bonchev–Trinajstić information content (AvgIpc) is 3.19. The molecule has 2 aromatic carbocycles. The fourth-order valence-corrected chi connectivity index (χ4v) is 4.72. The smallest absolute Gasteiger partial charge is 0.152 e. The number of benzene rings is 2. The lowest BCUT2D eigenvalue weighted by Crippen LogP contribution is -2.47. The minimum absolute atomic E-state index is 0.318. The van der Waals surface area contributed by atoms with Crippen LogP contribution in [0.1, 0.15) is 10.4 Å². The van der Waals surface area contributed by atoms with E-state index >= 15 is 0 Å². The number of hydrogen-bond donors (Lipinski definition) is 0. The molecule has 4 heteroatoms. The van der Waals surface area contributed by atoms with Crippen LogP contribution in [0.3, 0.4) is 0 Å². The summed E-state index contributed by atoms with van der Waals surface area (Å²) in [6.45, 7) is 5.56. The number of hydrogen-bond acceptors (Lipinski definition) is 4. The topological polar surface area (TPSA) is 23.6 Å². The van der Waals surface area contributed by atoms with Crippen LogP contribution in [0.25, 0.3) is 10.4 Å². The molecule has 1 aliphatic heterocycles. The summed E-state index contributed by atoms with van der Waals surface area (Å²) in [7, 11) is 0. The van der Waals surface area contributed by atoms with Gasteiger partial charge in [0, 0.05) is 48.9 Å².